The van der Waals surface area contributed by atoms with E-state index < -0.39 is 3.23 Å². The van der Waals surface area contributed by atoms with E-state index in [1.54, 1.807) is 0 Å². The summed E-state index contributed by atoms with van der Waals surface area (Å²) in [6.45, 7) is 2.23. The number of hydrogen-bond acceptors (Lipinski definition) is 1. The van der Waals surface area contributed by atoms with Gasteiger partial charge in [0.15, 0.2) is 0 Å². The second-order valence-electron chi connectivity index (χ2n) is 3.75. The molecule has 1 nitrogen and oxygen atoms in total. The molecule has 0 spiro atoms. The summed E-state index contributed by atoms with van der Waals surface area (Å²) in [5.41, 5.74) is 0. The number of hydrogen-bond donors (Lipinski definition) is 0. The lowest BCUT2D eigenvalue weighted by molar-refractivity contribution is -0.107. The van der Waals surface area contributed by atoms with Crippen molar-refractivity contribution in [3.8, 4) is 0 Å². The Morgan fingerprint density at radius 2 is 1.50 bits per heavy atom. The van der Waals surface area contributed by atoms with Gasteiger partial charge in [-0.2, -0.15) is 0 Å². The first kappa shape index (κ1) is 14.6. The highest BCUT2D eigenvalue weighted by atomic mass is 79.9. The summed E-state index contributed by atoms with van der Waals surface area (Å²) in [4.78, 5) is 10.5. The molecule has 0 aliphatic carbocycles. The molecule has 0 unspecified atom stereocenters. The second kappa shape index (κ2) is 8.90. The van der Waals surface area contributed by atoms with Crippen LogP contribution in [-0.4, -0.2) is 9.52 Å². The van der Waals surface area contributed by atoms with Gasteiger partial charge in [-0.1, -0.05) is 83.7 Å². The van der Waals surface area contributed by atoms with Crippen LogP contribution in [0.4, 0.5) is 0 Å². The third-order valence-corrected chi connectivity index (χ3v) is 3.45. The van der Waals surface area contributed by atoms with Gasteiger partial charge in [0, 0.05) is 0 Å². The molecule has 0 radical (unpaired) electrons. The second-order valence-corrected chi connectivity index (χ2v) is 7.64. The van der Waals surface area contributed by atoms with Crippen molar-refractivity contribution in [2.75, 3.05) is 0 Å². The molecule has 0 aliphatic rings. The number of unbranched alkanes of at least 4 members (excludes halogenated alkanes) is 6. The van der Waals surface area contributed by atoms with Crippen LogP contribution in [0.1, 0.15) is 58.3 Å². The lowest BCUT2D eigenvalue weighted by Gasteiger charge is -2.11. The topological polar surface area (TPSA) is 17.1 Å². The Balaban J connectivity index is 3.17. The summed E-state index contributed by atoms with van der Waals surface area (Å²) >= 11 is 6.65. The maximum absolute atomic E-state index is 10.5. The molecule has 0 rings (SSSR count). The van der Waals surface area contributed by atoms with E-state index in [4.69, 9.17) is 0 Å². The molecule has 0 saturated carbocycles. The zero-order valence-electron chi connectivity index (χ0n) is 8.90. The first-order valence-electron chi connectivity index (χ1n) is 5.46. The van der Waals surface area contributed by atoms with E-state index >= 15 is 0 Å². The molecule has 0 N–H and O–H groups in total. The number of carbonyl (C=O) groups excluding carboxylic acids is 1. The Kier molecular flexibility index (Phi) is 9.30. The van der Waals surface area contributed by atoms with Crippen LogP contribution in [0.3, 0.4) is 0 Å². The smallest absolute Gasteiger partial charge is 0.147 e. The van der Waals surface area contributed by atoms with Gasteiger partial charge in [0.05, 0.1) is 0 Å². The van der Waals surface area contributed by atoms with Gasteiger partial charge < -0.3 is 4.79 Å². The van der Waals surface area contributed by atoms with Crippen LogP contribution in [0.2, 0.25) is 0 Å². The van der Waals surface area contributed by atoms with Gasteiger partial charge >= 0.3 is 0 Å². The molecule has 14 heavy (non-hydrogen) atoms. The molecule has 3 heteroatoms. The number of alkyl halides is 2. The van der Waals surface area contributed by atoms with Gasteiger partial charge in [-0.3, -0.25) is 0 Å². The number of halogens is 2. The lowest BCUT2D eigenvalue weighted by Crippen LogP contribution is -2.11. The predicted octanol–water partition coefficient (Wildman–Crippen LogP) is 4.81. The van der Waals surface area contributed by atoms with Gasteiger partial charge in [-0.05, 0) is 6.42 Å². The van der Waals surface area contributed by atoms with Crippen molar-refractivity contribution in [2.45, 2.75) is 61.5 Å². The molecule has 0 fully saturated rings. The molecule has 0 atom stereocenters. The zero-order chi connectivity index (χ0) is 10.9. The summed E-state index contributed by atoms with van der Waals surface area (Å²) in [6, 6.07) is 0. The van der Waals surface area contributed by atoms with Gasteiger partial charge in [-0.25, -0.2) is 0 Å². The Morgan fingerprint density at radius 1 is 1.00 bits per heavy atom. The van der Waals surface area contributed by atoms with E-state index in [-0.39, 0.29) is 0 Å². The lowest BCUT2D eigenvalue weighted by atomic mass is 10.1. The first-order valence-corrected chi connectivity index (χ1v) is 7.05. The van der Waals surface area contributed by atoms with Crippen LogP contribution < -0.4 is 0 Å². The highest BCUT2D eigenvalue weighted by molar-refractivity contribution is 9.25. The molecule has 84 valence electrons. The van der Waals surface area contributed by atoms with Crippen LogP contribution in [0.5, 0.6) is 0 Å². The van der Waals surface area contributed by atoms with Gasteiger partial charge in [0.2, 0.25) is 0 Å². The fourth-order valence-electron chi connectivity index (χ4n) is 1.38. The van der Waals surface area contributed by atoms with Crippen molar-refractivity contribution in [1.82, 2.24) is 0 Å². The van der Waals surface area contributed by atoms with E-state index in [0.29, 0.717) is 0 Å². The van der Waals surface area contributed by atoms with Crippen LogP contribution in [0.15, 0.2) is 0 Å². The Bertz CT molecular complexity index is 146. The SMILES string of the molecule is CCCCCCCCCC(Br)(Br)C=O. The monoisotopic (exact) mass is 326 g/mol. The zero-order valence-corrected chi connectivity index (χ0v) is 12.1. The summed E-state index contributed by atoms with van der Waals surface area (Å²) in [6.07, 6.45) is 10.8. The van der Waals surface area contributed by atoms with E-state index in [1.807, 2.05) is 0 Å². The largest absolute Gasteiger partial charge is 0.301 e. The van der Waals surface area contributed by atoms with Crippen molar-refractivity contribution in [3.63, 3.8) is 0 Å². The summed E-state index contributed by atoms with van der Waals surface area (Å²) in [7, 11) is 0. The Labute approximate surface area is 104 Å². The van der Waals surface area contributed by atoms with E-state index in [1.165, 1.54) is 38.5 Å². The minimum atomic E-state index is -0.469. The normalized spacial score (nSPS) is 11.6. The highest BCUT2D eigenvalue weighted by Crippen LogP contribution is 2.29. The molecule has 0 amide bonds. The molecular weight excluding hydrogens is 308 g/mol. The average Bonchev–Trinajstić information content (AvgIpc) is 2.16. The number of carbonyl (C=O) groups is 1. The minimum absolute atomic E-state index is 0.469. The van der Waals surface area contributed by atoms with Crippen LogP contribution in [-0.2, 0) is 4.79 Å². The molecule has 0 saturated heterocycles. The van der Waals surface area contributed by atoms with Crippen molar-refractivity contribution in [2.24, 2.45) is 0 Å². The molecule has 0 aromatic rings. The standard InChI is InChI=1S/C11H20Br2O/c1-2-3-4-5-6-7-8-9-11(12,13)10-14/h10H,2-9H2,1H3. The number of aldehydes is 1. The molecule has 0 aromatic heterocycles. The van der Waals surface area contributed by atoms with Crippen LogP contribution in [0, 0.1) is 0 Å². The third-order valence-electron chi connectivity index (χ3n) is 2.29. The molecule has 0 aromatic carbocycles. The third kappa shape index (κ3) is 9.20. The quantitative estimate of drug-likeness (QED) is 0.337. The highest BCUT2D eigenvalue weighted by Gasteiger charge is 2.20. The molecular formula is C11H20Br2O. The van der Waals surface area contributed by atoms with Crippen LogP contribution in [0.25, 0.3) is 0 Å². The fraction of sp³-hybridized carbons (Fsp3) is 0.909. The summed E-state index contributed by atoms with van der Waals surface area (Å²) in [5.74, 6) is 0. The summed E-state index contributed by atoms with van der Waals surface area (Å²) < 4.78 is -0.469. The molecule has 0 heterocycles. The van der Waals surface area contributed by atoms with E-state index in [2.05, 4.69) is 38.8 Å². The van der Waals surface area contributed by atoms with Gasteiger partial charge in [-0.15, -0.1) is 0 Å². The maximum atomic E-state index is 10.5. The van der Waals surface area contributed by atoms with Crippen molar-refractivity contribution >= 4 is 38.1 Å². The Hall–Kier alpha value is 0.630. The summed E-state index contributed by atoms with van der Waals surface area (Å²) in [5, 5.41) is 0. The van der Waals surface area contributed by atoms with Crippen molar-refractivity contribution in [3.05, 3.63) is 0 Å². The average molecular weight is 328 g/mol. The number of rotatable bonds is 9. The van der Waals surface area contributed by atoms with Crippen LogP contribution >= 0.6 is 31.9 Å². The predicted molar refractivity (Wildman–Crippen MR) is 69.3 cm³/mol. The van der Waals surface area contributed by atoms with Crippen molar-refractivity contribution in [1.29, 1.82) is 0 Å². The molecule has 0 aliphatic heterocycles. The van der Waals surface area contributed by atoms with E-state index in [0.717, 1.165) is 19.1 Å². The van der Waals surface area contributed by atoms with Crippen molar-refractivity contribution < 1.29 is 4.79 Å². The molecule has 0 bridgehead atoms. The van der Waals surface area contributed by atoms with E-state index in [9.17, 15) is 4.79 Å². The Morgan fingerprint density at radius 3 is 2.00 bits per heavy atom. The minimum Gasteiger partial charge on any atom is -0.301 e. The fourth-order valence-corrected chi connectivity index (χ4v) is 1.94. The van der Waals surface area contributed by atoms with Gasteiger partial charge in [0.1, 0.15) is 9.52 Å². The maximum Gasteiger partial charge on any atom is 0.147 e. The van der Waals surface area contributed by atoms with Gasteiger partial charge in [0.25, 0.3) is 0 Å². The first-order chi connectivity index (χ1) is 6.62.